The van der Waals surface area contributed by atoms with Crippen molar-refractivity contribution in [3.8, 4) is 11.3 Å². The molecule has 3 aromatic carbocycles. The van der Waals surface area contributed by atoms with Gasteiger partial charge in [0.25, 0.3) is 5.91 Å². The van der Waals surface area contributed by atoms with Crippen LogP contribution in [-0.2, 0) is 6.54 Å². The predicted octanol–water partition coefficient (Wildman–Crippen LogP) is 6.33. The van der Waals surface area contributed by atoms with Crippen LogP contribution >= 0.6 is 22.9 Å². The Morgan fingerprint density at radius 3 is 2.61 bits per heavy atom. The molecule has 0 N–H and O–H groups in total. The van der Waals surface area contributed by atoms with E-state index in [4.69, 9.17) is 16.6 Å². The van der Waals surface area contributed by atoms with Crippen LogP contribution in [0.15, 0.2) is 83.9 Å². The second kappa shape index (κ2) is 8.10. The van der Waals surface area contributed by atoms with Crippen molar-refractivity contribution in [2.24, 2.45) is 4.99 Å². The minimum Gasteiger partial charge on any atom is -0.317 e. The van der Waals surface area contributed by atoms with E-state index >= 15 is 0 Å². The number of hydrogen-bond acceptors (Lipinski definition) is 3. The van der Waals surface area contributed by atoms with Crippen molar-refractivity contribution >= 4 is 50.0 Å². The molecule has 0 fully saturated rings. The van der Waals surface area contributed by atoms with Crippen LogP contribution < -0.4 is 4.80 Å². The summed E-state index contributed by atoms with van der Waals surface area (Å²) in [5, 5.41) is 1.46. The molecule has 0 saturated carbocycles. The van der Waals surface area contributed by atoms with Crippen LogP contribution in [0.2, 0.25) is 5.02 Å². The molecule has 0 saturated heterocycles. The van der Waals surface area contributed by atoms with Crippen LogP contribution in [0.5, 0.6) is 0 Å². The molecule has 0 spiro atoms. The summed E-state index contributed by atoms with van der Waals surface area (Å²) in [5.41, 5.74) is 4.05. The summed E-state index contributed by atoms with van der Waals surface area (Å²) < 4.78 is 3.04. The van der Waals surface area contributed by atoms with Crippen molar-refractivity contribution in [1.29, 1.82) is 0 Å². The SMILES string of the molecule is CCn1c(=NC(=O)c2cc(-c3ccccc3)nc3ccccc23)sc2cc(Cl)ccc21. The maximum Gasteiger partial charge on any atom is 0.280 e. The number of pyridine rings is 1. The Labute approximate surface area is 188 Å². The monoisotopic (exact) mass is 443 g/mol. The van der Waals surface area contributed by atoms with Gasteiger partial charge in [0, 0.05) is 22.5 Å². The summed E-state index contributed by atoms with van der Waals surface area (Å²) in [4.78, 5) is 23.3. The molecular formula is C25H18ClN3OS. The Bertz CT molecular complexity index is 1500. The minimum absolute atomic E-state index is 0.282. The molecule has 0 aliphatic rings. The molecule has 0 radical (unpaired) electrons. The Balaban J connectivity index is 1.71. The fourth-order valence-electron chi connectivity index (χ4n) is 3.69. The van der Waals surface area contributed by atoms with Gasteiger partial charge in [-0.15, -0.1) is 0 Å². The molecule has 0 atom stereocenters. The average molecular weight is 444 g/mol. The highest BCUT2D eigenvalue weighted by molar-refractivity contribution is 7.16. The first-order valence-electron chi connectivity index (χ1n) is 9.97. The Morgan fingerprint density at radius 1 is 1.03 bits per heavy atom. The van der Waals surface area contributed by atoms with Crippen molar-refractivity contribution in [1.82, 2.24) is 9.55 Å². The smallest absolute Gasteiger partial charge is 0.280 e. The molecule has 0 bridgehead atoms. The van der Waals surface area contributed by atoms with E-state index in [-0.39, 0.29) is 5.91 Å². The number of fused-ring (bicyclic) bond motifs is 2. The predicted molar refractivity (Wildman–Crippen MR) is 128 cm³/mol. The van der Waals surface area contributed by atoms with Gasteiger partial charge >= 0.3 is 0 Å². The number of hydrogen-bond donors (Lipinski definition) is 0. The van der Waals surface area contributed by atoms with Gasteiger partial charge in [-0.3, -0.25) is 4.79 Å². The molecule has 0 unspecified atom stereocenters. The fraction of sp³-hybridized carbons (Fsp3) is 0.0800. The van der Waals surface area contributed by atoms with E-state index in [0.29, 0.717) is 21.9 Å². The number of aromatic nitrogens is 2. The van der Waals surface area contributed by atoms with Gasteiger partial charge in [0.05, 0.1) is 27.0 Å². The van der Waals surface area contributed by atoms with Gasteiger partial charge in [-0.25, -0.2) is 4.98 Å². The van der Waals surface area contributed by atoms with Crippen LogP contribution in [-0.4, -0.2) is 15.5 Å². The van der Waals surface area contributed by atoms with E-state index in [1.165, 1.54) is 11.3 Å². The molecule has 4 nitrogen and oxygen atoms in total. The van der Waals surface area contributed by atoms with Crippen LogP contribution in [0.25, 0.3) is 32.4 Å². The Morgan fingerprint density at radius 2 is 1.81 bits per heavy atom. The van der Waals surface area contributed by atoms with Crippen molar-refractivity contribution < 1.29 is 4.79 Å². The Hall–Kier alpha value is -3.28. The standard InChI is InChI=1S/C25H18ClN3OS/c1-2-29-22-13-12-17(26)14-23(22)31-25(29)28-24(30)19-15-21(16-8-4-3-5-9-16)27-20-11-7-6-10-18(19)20/h3-15H,2H2,1H3. The number of carbonyl (C=O) groups is 1. The molecule has 0 aliphatic heterocycles. The first-order valence-corrected chi connectivity index (χ1v) is 11.2. The van der Waals surface area contributed by atoms with Gasteiger partial charge in [0.15, 0.2) is 4.80 Å². The van der Waals surface area contributed by atoms with E-state index in [1.54, 1.807) is 0 Å². The lowest BCUT2D eigenvalue weighted by molar-refractivity contribution is 0.0999. The quantitative estimate of drug-likeness (QED) is 0.327. The highest BCUT2D eigenvalue weighted by Crippen LogP contribution is 2.26. The van der Waals surface area contributed by atoms with Gasteiger partial charge in [0.1, 0.15) is 0 Å². The van der Waals surface area contributed by atoms with Gasteiger partial charge < -0.3 is 4.57 Å². The highest BCUT2D eigenvalue weighted by atomic mass is 35.5. The second-order valence-electron chi connectivity index (χ2n) is 7.10. The second-order valence-corrected chi connectivity index (χ2v) is 8.54. The summed E-state index contributed by atoms with van der Waals surface area (Å²) in [7, 11) is 0. The first kappa shape index (κ1) is 19.7. The number of aryl methyl sites for hydroxylation is 1. The van der Waals surface area contributed by atoms with Crippen LogP contribution in [0.4, 0.5) is 0 Å². The first-order chi connectivity index (χ1) is 15.1. The summed E-state index contributed by atoms with van der Waals surface area (Å²) in [6, 6.07) is 25.1. The molecule has 6 heteroatoms. The minimum atomic E-state index is -0.282. The van der Waals surface area contributed by atoms with Gasteiger partial charge in [-0.1, -0.05) is 71.5 Å². The fourth-order valence-corrected chi connectivity index (χ4v) is 5.06. The third-order valence-corrected chi connectivity index (χ3v) is 6.45. The number of thiazole rings is 1. The highest BCUT2D eigenvalue weighted by Gasteiger charge is 2.15. The molecule has 2 aromatic heterocycles. The lowest BCUT2D eigenvalue weighted by atomic mass is 10.0. The molecule has 5 aromatic rings. The summed E-state index contributed by atoms with van der Waals surface area (Å²) in [6.07, 6.45) is 0. The van der Waals surface area contributed by atoms with E-state index in [1.807, 2.05) is 90.4 Å². The van der Waals surface area contributed by atoms with Gasteiger partial charge in [0.2, 0.25) is 0 Å². The third-order valence-electron chi connectivity index (χ3n) is 5.17. The van der Waals surface area contributed by atoms with Gasteiger partial charge in [-0.05, 0) is 37.3 Å². The number of amides is 1. The van der Waals surface area contributed by atoms with Crippen molar-refractivity contribution in [3.05, 3.63) is 94.3 Å². The topological polar surface area (TPSA) is 47.2 Å². The molecule has 0 aliphatic carbocycles. The summed E-state index contributed by atoms with van der Waals surface area (Å²) in [5.74, 6) is -0.282. The normalized spacial score (nSPS) is 12.0. The number of halogens is 1. The largest absolute Gasteiger partial charge is 0.317 e. The lowest BCUT2D eigenvalue weighted by Gasteiger charge is -2.07. The Kier molecular flexibility index (Phi) is 5.14. The summed E-state index contributed by atoms with van der Waals surface area (Å²) in [6.45, 7) is 2.75. The maximum absolute atomic E-state index is 13.4. The zero-order valence-corrected chi connectivity index (χ0v) is 18.3. The number of rotatable bonds is 3. The van der Waals surface area contributed by atoms with E-state index in [2.05, 4.69) is 4.99 Å². The number of carbonyl (C=O) groups excluding carboxylic acids is 1. The maximum atomic E-state index is 13.4. The van der Waals surface area contributed by atoms with Crippen molar-refractivity contribution in [2.75, 3.05) is 0 Å². The van der Waals surface area contributed by atoms with E-state index < -0.39 is 0 Å². The van der Waals surface area contributed by atoms with Gasteiger partial charge in [-0.2, -0.15) is 4.99 Å². The van der Waals surface area contributed by atoms with Crippen LogP contribution in [0, 0.1) is 0 Å². The zero-order valence-electron chi connectivity index (χ0n) is 16.7. The van der Waals surface area contributed by atoms with Crippen LogP contribution in [0.1, 0.15) is 17.3 Å². The third kappa shape index (κ3) is 3.67. The number of nitrogens with zero attached hydrogens (tertiary/aromatic N) is 3. The molecule has 1 amide bonds. The van der Waals surface area contributed by atoms with Crippen molar-refractivity contribution in [2.45, 2.75) is 13.5 Å². The molecule has 31 heavy (non-hydrogen) atoms. The average Bonchev–Trinajstić information content (AvgIpc) is 3.14. The van der Waals surface area contributed by atoms with Crippen molar-refractivity contribution in [3.63, 3.8) is 0 Å². The number of benzene rings is 3. The van der Waals surface area contributed by atoms with E-state index in [0.717, 1.165) is 32.4 Å². The summed E-state index contributed by atoms with van der Waals surface area (Å²) >= 11 is 7.63. The number of para-hydroxylation sites is 1. The van der Waals surface area contributed by atoms with E-state index in [9.17, 15) is 4.79 Å². The molecule has 2 heterocycles. The van der Waals surface area contributed by atoms with Crippen LogP contribution in [0.3, 0.4) is 0 Å². The lowest BCUT2D eigenvalue weighted by Crippen LogP contribution is -2.16. The molecular weight excluding hydrogens is 426 g/mol. The zero-order chi connectivity index (χ0) is 21.4. The molecule has 5 rings (SSSR count). The molecule has 152 valence electrons.